The zero-order chi connectivity index (χ0) is 14.8. The van der Waals surface area contributed by atoms with E-state index in [1.807, 2.05) is 30.3 Å². The zero-order valence-corrected chi connectivity index (χ0v) is 11.7. The van der Waals surface area contributed by atoms with Crippen LogP contribution in [0.25, 0.3) is 16.9 Å². The molecule has 0 saturated carbocycles. The number of carbonyl (C=O) groups is 1. The molecular formula is C16H11ClN2O2. The van der Waals surface area contributed by atoms with Gasteiger partial charge in [-0.1, -0.05) is 41.9 Å². The molecule has 0 spiro atoms. The van der Waals surface area contributed by atoms with E-state index in [0.29, 0.717) is 10.7 Å². The quantitative estimate of drug-likeness (QED) is 0.798. The van der Waals surface area contributed by atoms with Crippen LogP contribution in [0.1, 0.15) is 10.4 Å². The number of halogens is 1. The van der Waals surface area contributed by atoms with Crippen molar-refractivity contribution in [1.29, 1.82) is 0 Å². The molecule has 104 valence electrons. The van der Waals surface area contributed by atoms with Gasteiger partial charge in [0.15, 0.2) is 0 Å². The highest BCUT2D eigenvalue weighted by Gasteiger charge is 2.19. The maximum atomic E-state index is 11.4. The standard InChI is InChI=1S/C16H11ClN2O2/c17-12-6-8-13(9-7-12)19-15(11-4-2-1-3-5-11)14(10-18-19)16(20)21/h1-10H,(H,20,21). The molecule has 0 aliphatic heterocycles. The second-order valence-corrected chi connectivity index (χ2v) is 4.90. The van der Waals surface area contributed by atoms with E-state index in [0.717, 1.165) is 11.3 Å². The van der Waals surface area contributed by atoms with Crippen molar-refractivity contribution in [2.24, 2.45) is 0 Å². The minimum atomic E-state index is -1.01. The van der Waals surface area contributed by atoms with Crippen LogP contribution >= 0.6 is 11.6 Å². The second-order valence-electron chi connectivity index (χ2n) is 4.47. The number of carboxylic acid groups (broad SMARTS) is 1. The fraction of sp³-hybridized carbons (Fsp3) is 0. The van der Waals surface area contributed by atoms with Gasteiger partial charge in [0.1, 0.15) is 5.56 Å². The molecule has 5 heteroatoms. The van der Waals surface area contributed by atoms with Crippen molar-refractivity contribution in [1.82, 2.24) is 9.78 Å². The van der Waals surface area contributed by atoms with Crippen LogP contribution in [-0.2, 0) is 0 Å². The van der Waals surface area contributed by atoms with Crippen LogP contribution in [0.5, 0.6) is 0 Å². The van der Waals surface area contributed by atoms with Crippen molar-refractivity contribution in [3.05, 3.63) is 71.4 Å². The molecule has 0 bridgehead atoms. The lowest BCUT2D eigenvalue weighted by Gasteiger charge is -2.09. The van der Waals surface area contributed by atoms with E-state index in [9.17, 15) is 9.90 Å². The molecule has 0 amide bonds. The van der Waals surface area contributed by atoms with Gasteiger partial charge in [0.25, 0.3) is 0 Å². The summed E-state index contributed by atoms with van der Waals surface area (Å²) in [5, 5.41) is 14.2. The predicted molar refractivity (Wildman–Crippen MR) is 81.0 cm³/mol. The van der Waals surface area contributed by atoms with E-state index in [2.05, 4.69) is 5.10 Å². The number of carboxylic acids is 1. The molecule has 0 saturated heterocycles. The minimum Gasteiger partial charge on any atom is -0.478 e. The van der Waals surface area contributed by atoms with Gasteiger partial charge < -0.3 is 5.11 Å². The fourth-order valence-electron chi connectivity index (χ4n) is 2.16. The zero-order valence-electron chi connectivity index (χ0n) is 10.9. The summed E-state index contributed by atoms with van der Waals surface area (Å²) in [6.45, 7) is 0. The molecule has 3 rings (SSSR count). The lowest BCUT2D eigenvalue weighted by Crippen LogP contribution is -2.02. The van der Waals surface area contributed by atoms with Crippen molar-refractivity contribution >= 4 is 17.6 Å². The smallest absolute Gasteiger partial charge is 0.339 e. The van der Waals surface area contributed by atoms with Crippen LogP contribution in [0.3, 0.4) is 0 Å². The Labute approximate surface area is 126 Å². The molecule has 0 aliphatic carbocycles. The first-order chi connectivity index (χ1) is 10.2. The van der Waals surface area contributed by atoms with Crippen molar-refractivity contribution in [2.45, 2.75) is 0 Å². The van der Waals surface area contributed by atoms with Gasteiger partial charge >= 0.3 is 5.97 Å². The third-order valence-electron chi connectivity index (χ3n) is 3.12. The Hall–Kier alpha value is -2.59. The minimum absolute atomic E-state index is 0.163. The Morgan fingerprint density at radius 1 is 1.05 bits per heavy atom. The maximum Gasteiger partial charge on any atom is 0.339 e. The number of nitrogens with zero attached hydrogens (tertiary/aromatic N) is 2. The number of benzene rings is 2. The predicted octanol–water partition coefficient (Wildman–Crippen LogP) is 3.89. The van der Waals surface area contributed by atoms with Crippen molar-refractivity contribution in [3.63, 3.8) is 0 Å². The molecule has 0 radical (unpaired) electrons. The molecule has 0 fully saturated rings. The van der Waals surface area contributed by atoms with Gasteiger partial charge in [-0.2, -0.15) is 5.10 Å². The van der Waals surface area contributed by atoms with Crippen molar-refractivity contribution < 1.29 is 9.90 Å². The first kappa shape index (κ1) is 13.4. The molecule has 0 unspecified atom stereocenters. The monoisotopic (exact) mass is 298 g/mol. The lowest BCUT2D eigenvalue weighted by molar-refractivity contribution is 0.0697. The van der Waals surface area contributed by atoms with Crippen LogP contribution < -0.4 is 0 Å². The number of aromatic carboxylic acids is 1. The van der Waals surface area contributed by atoms with Crippen molar-refractivity contribution in [2.75, 3.05) is 0 Å². The molecule has 3 aromatic rings. The van der Waals surface area contributed by atoms with E-state index >= 15 is 0 Å². The number of hydrogen-bond acceptors (Lipinski definition) is 2. The van der Waals surface area contributed by atoms with Crippen LogP contribution in [0.2, 0.25) is 5.02 Å². The lowest BCUT2D eigenvalue weighted by atomic mass is 10.1. The maximum absolute atomic E-state index is 11.4. The SMILES string of the molecule is O=C(O)c1cnn(-c2ccc(Cl)cc2)c1-c1ccccc1. The summed E-state index contributed by atoms with van der Waals surface area (Å²) in [5.41, 5.74) is 2.26. The van der Waals surface area contributed by atoms with Crippen LogP contribution in [0, 0.1) is 0 Å². The fourth-order valence-corrected chi connectivity index (χ4v) is 2.28. The highest BCUT2D eigenvalue weighted by atomic mass is 35.5. The Kier molecular flexibility index (Phi) is 3.46. The molecule has 2 aromatic carbocycles. The van der Waals surface area contributed by atoms with Gasteiger partial charge in [0.2, 0.25) is 0 Å². The topological polar surface area (TPSA) is 55.1 Å². The van der Waals surface area contributed by atoms with Gasteiger partial charge in [-0.3, -0.25) is 0 Å². The van der Waals surface area contributed by atoms with Crippen LogP contribution in [0.4, 0.5) is 0 Å². The molecule has 0 atom stereocenters. The Morgan fingerprint density at radius 3 is 2.33 bits per heavy atom. The third kappa shape index (κ3) is 2.53. The summed E-state index contributed by atoms with van der Waals surface area (Å²) in [6.07, 6.45) is 1.36. The van der Waals surface area contributed by atoms with Crippen LogP contribution in [0.15, 0.2) is 60.8 Å². The van der Waals surface area contributed by atoms with E-state index in [1.165, 1.54) is 6.20 Å². The number of aromatic nitrogens is 2. The average molecular weight is 299 g/mol. The van der Waals surface area contributed by atoms with Gasteiger partial charge in [0.05, 0.1) is 17.6 Å². The van der Waals surface area contributed by atoms with Gasteiger partial charge in [-0.05, 0) is 24.3 Å². The molecule has 4 nitrogen and oxygen atoms in total. The molecule has 0 aliphatic rings. The van der Waals surface area contributed by atoms with Gasteiger partial charge in [0, 0.05) is 10.6 Å². The first-order valence-corrected chi connectivity index (χ1v) is 6.67. The summed E-state index contributed by atoms with van der Waals surface area (Å²) in [5.74, 6) is -1.01. The molecule has 1 heterocycles. The van der Waals surface area contributed by atoms with E-state index < -0.39 is 5.97 Å². The van der Waals surface area contributed by atoms with E-state index in [-0.39, 0.29) is 5.56 Å². The van der Waals surface area contributed by atoms with E-state index in [1.54, 1.807) is 28.9 Å². The summed E-state index contributed by atoms with van der Waals surface area (Å²) in [7, 11) is 0. The molecular weight excluding hydrogens is 288 g/mol. The Balaban J connectivity index is 2.22. The van der Waals surface area contributed by atoms with Gasteiger partial charge in [-0.25, -0.2) is 9.48 Å². The first-order valence-electron chi connectivity index (χ1n) is 6.29. The average Bonchev–Trinajstić information content (AvgIpc) is 2.94. The van der Waals surface area contributed by atoms with Crippen LogP contribution in [-0.4, -0.2) is 20.9 Å². The number of hydrogen-bond donors (Lipinski definition) is 1. The molecule has 21 heavy (non-hydrogen) atoms. The molecule has 1 N–H and O–H groups in total. The highest BCUT2D eigenvalue weighted by molar-refractivity contribution is 6.30. The summed E-state index contributed by atoms with van der Waals surface area (Å²) >= 11 is 5.89. The Bertz CT molecular complexity index is 780. The largest absolute Gasteiger partial charge is 0.478 e. The summed E-state index contributed by atoms with van der Waals surface area (Å²) < 4.78 is 1.61. The third-order valence-corrected chi connectivity index (χ3v) is 3.37. The highest BCUT2D eigenvalue weighted by Crippen LogP contribution is 2.27. The van der Waals surface area contributed by atoms with Crippen molar-refractivity contribution in [3.8, 4) is 16.9 Å². The summed E-state index contributed by atoms with van der Waals surface area (Å²) in [6, 6.07) is 16.4. The summed E-state index contributed by atoms with van der Waals surface area (Å²) in [4.78, 5) is 11.4. The molecule has 1 aromatic heterocycles. The van der Waals surface area contributed by atoms with Gasteiger partial charge in [-0.15, -0.1) is 0 Å². The van der Waals surface area contributed by atoms with E-state index in [4.69, 9.17) is 11.6 Å². The second kappa shape index (κ2) is 5.42. The normalized spacial score (nSPS) is 10.5. The Morgan fingerprint density at radius 2 is 1.71 bits per heavy atom. The number of rotatable bonds is 3.